The molecule has 0 aliphatic carbocycles. The molecular formula is C17H24N6O3. The molecule has 0 saturated carbocycles. The second kappa shape index (κ2) is 9.62. The van der Waals surface area contributed by atoms with Crippen LogP contribution < -0.4 is 10.9 Å². The van der Waals surface area contributed by atoms with Gasteiger partial charge in [0, 0.05) is 0 Å². The molecule has 0 unspecified atom stereocenters. The first-order valence-corrected chi connectivity index (χ1v) is 8.61. The van der Waals surface area contributed by atoms with Crippen LogP contribution in [0.4, 0.5) is 5.95 Å². The Morgan fingerprint density at radius 2 is 2.15 bits per heavy atom. The number of hydrogen-bond acceptors (Lipinski definition) is 7. The summed E-state index contributed by atoms with van der Waals surface area (Å²) in [7, 11) is 0. The SMILES string of the molecule is CCCCC[C@@H](CN(O)C=O)C(=O)NNc1nnc2cccc(C)c2n1. The third-order valence-corrected chi connectivity index (χ3v) is 4.04. The van der Waals surface area contributed by atoms with Crippen molar-refractivity contribution in [3.63, 3.8) is 0 Å². The van der Waals surface area contributed by atoms with Crippen LogP contribution in [0.3, 0.4) is 0 Å². The third kappa shape index (κ3) is 5.35. The van der Waals surface area contributed by atoms with Gasteiger partial charge in [-0.1, -0.05) is 38.3 Å². The molecule has 2 aromatic rings. The largest absolute Gasteiger partial charge is 0.286 e. The van der Waals surface area contributed by atoms with Crippen molar-refractivity contribution >= 4 is 29.3 Å². The minimum atomic E-state index is -0.542. The molecule has 140 valence electrons. The molecule has 0 spiro atoms. The van der Waals surface area contributed by atoms with E-state index in [9.17, 15) is 14.8 Å². The monoisotopic (exact) mass is 360 g/mol. The highest BCUT2D eigenvalue weighted by molar-refractivity contribution is 5.81. The van der Waals surface area contributed by atoms with Gasteiger partial charge in [-0.3, -0.25) is 25.6 Å². The molecular weight excluding hydrogens is 336 g/mol. The Morgan fingerprint density at radius 1 is 1.35 bits per heavy atom. The number of para-hydroxylation sites is 1. The lowest BCUT2D eigenvalue weighted by atomic mass is 10.0. The van der Waals surface area contributed by atoms with Crippen molar-refractivity contribution in [2.45, 2.75) is 39.5 Å². The minimum Gasteiger partial charge on any atom is -0.286 e. The topological polar surface area (TPSA) is 120 Å². The third-order valence-electron chi connectivity index (χ3n) is 4.04. The fourth-order valence-electron chi connectivity index (χ4n) is 2.59. The maximum atomic E-state index is 12.4. The first-order chi connectivity index (χ1) is 12.5. The van der Waals surface area contributed by atoms with E-state index < -0.39 is 5.92 Å². The summed E-state index contributed by atoms with van der Waals surface area (Å²) < 4.78 is 0. The van der Waals surface area contributed by atoms with Crippen LogP contribution in [0, 0.1) is 12.8 Å². The second-order valence-electron chi connectivity index (χ2n) is 6.11. The smallest absolute Gasteiger partial charge is 0.262 e. The summed E-state index contributed by atoms with van der Waals surface area (Å²) in [6.07, 6.45) is 3.66. The van der Waals surface area contributed by atoms with E-state index in [2.05, 4.69) is 33.0 Å². The number of carbonyl (C=O) groups excluding carboxylic acids is 2. The molecule has 1 aromatic heterocycles. The number of carbonyl (C=O) groups is 2. The lowest BCUT2D eigenvalue weighted by Gasteiger charge is -2.19. The molecule has 0 aliphatic rings. The molecule has 0 radical (unpaired) electrons. The molecule has 0 aliphatic heterocycles. The molecule has 0 fully saturated rings. The van der Waals surface area contributed by atoms with Crippen LogP contribution in [0.25, 0.3) is 11.0 Å². The number of fused-ring (bicyclic) bond motifs is 1. The molecule has 2 amide bonds. The van der Waals surface area contributed by atoms with E-state index >= 15 is 0 Å². The van der Waals surface area contributed by atoms with E-state index in [4.69, 9.17) is 0 Å². The highest BCUT2D eigenvalue weighted by Crippen LogP contribution is 2.14. The van der Waals surface area contributed by atoms with E-state index in [-0.39, 0.29) is 24.8 Å². The summed E-state index contributed by atoms with van der Waals surface area (Å²) in [6, 6.07) is 5.60. The number of anilines is 1. The first kappa shape index (κ1) is 19.5. The summed E-state index contributed by atoms with van der Waals surface area (Å²) in [5.41, 5.74) is 7.50. The van der Waals surface area contributed by atoms with Crippen LogP contribution in [0.15, 0.2) is 18.2 Å². The van der Waals surface area contributed by atoms with Gasteiger partial charge in [0.15, 0.2) is 0 Å². The van der Waals surface area contributed by atoms with Crippen LogP contribution in [0.2, 0.25) is 0 Å². The fraction of sp³-hybridized carbons (Fsp3) is 0.471. The number of hydrazine groups is 1. The quantitative estimate of drug-likeness (QED) is 0.256. The molecule has 9 nitrogen and oxygen atoms in total. The fourth-order valence-corrected chi connectivity index (χ4v) is 2.59. The zero-order chi connectivity index (χ0) is 18.9. The lowest BCUT2D eigenvalue weighted by molar-refractivity contribution is -0.154. The minimum absolute atomic E-state index is 0.0728. The second-order valence-corrected chi connectivity index (χ2v) is 6.11. The van der Waals surface area contributed by atoms with Crippen molar-refractivity contribution in [2.24, 2.45) is 5.92 Å². The number of benzene rings is 1. The highest BCUT2D eigenvalue weighted by Gasteiger charge is 2.20. The highest BCUT2D eigenvalue weighted by atomic mass is 16.5. The van der Waals surface area contributed by atoms with Gasteiger partial charge < -0.3 is 0 Å². The Kier molecular flexibility index (Phi) is 7.22. The Bertz CT molecular complexity index is 754. The maximum absolute atomic E-state index is 12.4. The van der Waals surface area contributed by atoms with Crippen molar-refractivity contribution in [3.8, 4) is 0 Å². The molecule has 1 atom stereocenters. The summed E-state index contributed by atoms with van der Waals surface area (Å²) in [4.78, 5) is 27.4. The van der Waals surface area contributed by atoms with Crippen molar-refractivity contribution in [1.29, 1.82) is 0 Å². The van der Waals surface area contributed by atoms with Gasteiger partial charge in [0.25, 0.3) is 5.95 Å². The average molecular weight is 360 g/mol. The predicted octanol–water partition coefficient (Wildman–Crippen LogP) is 1.82. The van der Waals surface area contributed by atoms with Crippen molar-refractivity contribution in [2.75, 3.05) is 12.0 Å². The van der Waals surface area contributed by atoms with Crippen LogP contribution in [0.1, 0.15) is 38.2 Å². The summed E-state index contributed by atoms with van der Waals surface area (Å²) in [5.74, 6) is -0.724. The standard InChI is InChI=1S/C17H24N6O3/c1-3-4-5-8-13(10-23(26)11-24)16(25)20-22-17-18-15-12(2)7-6-9-14(15)19-21-17/h6-7,9,11,13,26H,3-5,8,10H2,1-2H3,(H,20,25)(H,18,21,22)/t13-/m0/s1. The normalized spacial score (nSPS) is 11.8. The number of hydroxylamine groups is 2. The molecule has 3 N–H and O–H groups in total. The van der Waals surface area contributed by atoms with Crippen LogP contribution in [0.5, 0.6) is 0 Å². The number of nitrogens with zero attached hydrogens (tertiary/aromatic N) is 4. The molecule has 26 heavy (non-hydrogen) atoms. The Balaban J connectivity index is 2.01. The summed E-state index contributed by atoms with van der Waals surface area (Å²) >= 11 is 0. The number of rotatable bonds is 10. The lowest BCUT2D eigenvalue weighted by Crippen LogP contribution is -2.40. The maximum Gasteiger partial charge on any atom is 0.262 e. The van der Waals surface area contributed by atoms with Gasteiger partial charge in [-0.25, -0.2) is 10.0 Å². The molecule has 0 bridgehead atoms. The Hall–Kier alpha value is -2.81. The number of amides is 2. The van der Waals surface area contributed by atoms with E-state index in [1.54, 1.807) is 0 Å². The first-order valence-electron chi connectivity index (χ1n) is 8.61. The van der Waals surface area contributed by atoms with Crippen LogP contribution in [-0.2, 0) is 9.59 Å². The Labute approximate surface area is 151 Å². The van der Waals surface area contributed by atoms with E-state index in [0.29, 0.717) is 22.5 Å². The van der Waals surface area contributed by atoms with E-state index in [1.807, 2.05) is 25.1 Å². The van der Waals surface area contributed by atoms with Crippen LogP contribution >= 0.6 is 0 Å². The van der Waals surface area contributed by atoms with Gasteiger partial charge in [-0.05, 0) is 25.0 Å². The van der Waals surface area contributed by atoms with Crippen molar-refractivity contribution < 1.29 is 14.8 Å². The number of unbranched alkanes of at least 4 members (excludes halogenated alkanes) is 2. The van der Waals surface area contributed by atoms with Crippen molar-refractivity contribution in [3.05, 3.63) is 23.8 Å². The number of nitrogens with one attached hydrogen (secondary N) is 2. The van der Waals surface area contributed by atoms with Gasteiger partial charge in [-0.15, -0.1) is 10.2 Å². The predicted molar refractivity (Wildman–Crippen MR) is 96.0 cm³/mol. The number of aromatic nitrogens is 3. The number of aryl methyl sites for hydroxylation is 1. The van der Waals surface area contributed by atoms with Gasteiger partial charge in [-0.2, -0.15) is 0 Å². The molecule has 1 aromatic carbocycles. The van der Waals surface area contributed by atoms with Gasteiger partial charge in [0.2, 0.25) is 12.3 Å². The van der Waals surface area contributed by atoms with Gasteiger partial charge in [0.05, 0.1) is 18.0 Å². The molecule has 0 saturated heterocycles. The van der Waals surface area contributed by atoms with Crippen molar-refractivity contribution in [1.82, 2.24) is 25.7 Å². The summed E-state index contributed by atoms with van der Waals surface area (Å²) in [5, 5.41) is 17.9. The molecule has 9 heteroatoms. The Morgan fingerprint density at radius 3 is 2.88 bits per heavy atom. The van der Waals surface area contributed by atoms with E-state index in [0.717, 1.165) is 24.8 Å². The zero-order valence-electron chi connectivity index (χ0n) is 15.0. The van der Waals surface area contributed by atoms with Gasteiger partial charge in [0.1, 0.15) is 5.52 Å². The zero-order valence-corrected chi connectivity index (χ0v) is 15.0. The van der Waals surface area contributed by atoms with E-state index in [1.165, 1.54) is 0 Å². The van der Waals surface area contributed by atoms with Crippen LogP contribution in [-0.4, -0.2) is 44.3 Å². The number of hydrogen-bond donors (Lipinski definition) is 3. The summed E-state index contributed by atoms with van der Waals surface area (Å²) in [6.45, 7) is 3.90. The van der Waals surface area contributed by atoms with Gasteiger partial charge >= 0.3 is 0 Å². The molecule has 1 heterocycles. The average Bonchev–Trinajstić information content (AvgIpc) is 2.65. The molecule has 2 rings (SSSR count).